The first-order valence-electron chi connectivity index (χ1n) is 8.22. The molecule has 2 aliphatic heterocycles. The molecule has 1 N–H and O–H groups in total. The number of rotatable bonds is 2. The number of amides is 1. The highest BCUT2D eigenvalue weighted by Crippen LogP contribution is 2.29. The zero-order valence-corrected chi connectivity index (χ0v) is 13.2. The van der Waals surface area contributed by atoms with Crippen molar-refractivity contribution in [3.8, 4) is 0 Å². The smallest absolute Gasteiger partial charge is 0.254 e. The molecule has 0 aliphatic carbocycles. The standard InChI is InChI=1S/C18H26N2O/c1-13-3-4-14(2)17(11-13)18(21)20-9-6-15(7-10-20)16-5-8-19-12-16/h3-4,11,15-16,19H,5-10,12H2,1-2H3. The summed E-state index contributed by atoms with van der Waals surface area (Å²) < 4.78 is 0. The molecule has 0 radical (unpaired) electrons. The second-order valence-electron chi connectivity index (χ2n) is 6.70. The molecular formula is C18H26N2O. The minimum Gasteiger partial charge on any atom is -0.339 e. The van der Waals surface area contributed by atoms with Gasteiger partial charge in [-0.05, 0) is 69.7 Å². The van der Waals surface area contributed by atoms with Gasteiger partial charge >= 0.3 is 0 Å². The summed E-state index contributed by atoms with van der Waals surface area (Å²) in [4.78, 5) is 14.8. The van der Waals surface area contributed by atoms with Gasteiger partial charge in [-0.1, -0.05) is 17.7 Å². The number of carbonyl (C=O) groups excluding carboxylic acids is 1. The van der Waals surface area contributed by atoms with E-state index in [0.717, 1.165) is 41.6 Å². The topological polar surface area (TPSA) is 32.3 Å². The molecule has 1 aromatic rings. The van der Waals surface area contributed by atoms with Crippen LogP contribution in [0.25, 0.3) is 0 Å². The van der Waals surface area contributed by atoms with E-state index >= 15 is 0 Å². The Morgan fingerprint density at radius 1 is 1.14 bits per heavy atom. The maximum atomic E-state index is 12.7. The van der Waals surface area contributed by atoms with Crippen molar-refractivity contribution in [3.63, 3.8) is 0 Å². The quantitative estimate of drug-likeness (QED) is 0.906. The lowest BCUT2D eigenvalue weighted by atomic mass is 9.83. The van der Waals surface area contributed by atoms with E-state index in [1.54, 1.807) is 0 Å². The average molecular weight is 286 g/mol. The molecular weight excluding hydrogens is 260 g/mol. The van der Waals surface area contributed by atoms with E-state index in [4.69, 9.17) is 0 Å². The highest BCUT2D eigenvalue weighted by Gasteiger charge is 2.30. The number of hydrogen-bond acceptors (Lipinski definition) is 2. The number of likely N-dealkylation sites (tertiary alicyclic amines) is 1. The third kappa shape index (κ3) is 3.13. The maximum Gasteiger partial charge on any atom is 0.254 e. The minimum atomic E-state index is 0.221. The molecule has 3 rings (SSSR count). The number of benzene rings is 1. The SMILES string of the molecule is Cc1ccc(C)c(C(=O)N2CCC(C3CCNC3)CC2)c1. The van der Waals surface area contributed by atoms with Crippen LogP contribution in [0.2, 0.25) is 0 Å². The van der Waals surface area contributed by atoms with Gasteiger partial charge in [-0.15, -0.1) is 0 Å². The van der Waals surface area contributed by atoms with Crippen LogP contribution in [0.5, 0.6) is 0 Å². The third-order valence-corrected chi connectivity index (χ3v) is 5.22. The van der Waals surface area contributed by atoms with Crippen LogP contribution in [-0.4, -0.2) is 37.0 Å². The van der Waals surface area contributed by atoms with E-state index < -0.39 is 0 Å². The van der Waals surface area contributed by atoms with Crippen molar-refractivity contribution in [1.82, 2.24) is 10.2 Å². The van der Waals surface area contributed by atoms with Gasteiger partial charge < -0.3 is 10.2 Å². The van der Waals surface area contributed by atoms with E-state index in [9.17, 15) is 4.79 Å². The fourth-order valence-corrected chi connectivity index (χ4v) is 3.79. The monoisotopic (exact) mass is 286 g/mol. The lowest BCUT2D eigenvalue weighted by molar-refractivity contribution is 0.0662. The molecule has 1 atom stereocenters. The van der Waals surface area contributed by atoms with Crippen LogP contribution >= 0.6 is 0 Å². The highest BCUT2D eigenvalue weighted by molar-refractivity contribution is 5.95. The van der Waals surface area contributed by atoms with Crippen molar-refractivity contribution in [3.05, 3.63) is 34.9 Å². The second-order valence-corrected chi connectivity index (χ2v) is 6.70. The fourth-order valence-electron chi connectivity index (χ4n) is 3.79. The number of piperidine rings is 1. The number of aryl methyl sites for hydroxylation is 2. The molecule has 2 heterocycles. The second kappa shape index (κ2) is 6.18. The zero-order chi connectivity index (χ0) is 14.8. The molecule has 2 saturated heterocycles. The summed E-state index contributed by atoms with van der Waals surface area (Å²) in [5.41, 5.74) is 3.14. The Morgan fingerprint density at radius 2 is 1.90 bits per heavy atom. The number of nitrogens with one attached hydrogen (secondary N) is 1. The van der Waals surface area contributed by atoms with E-state index in [2.05, 4.69) is 29.3 Å². The van der Waals surface area contributed by atoms with E-state index in [-0.39, 0.29) is 5.91 Å². The van der Waals surface area contributed by atoms with Crippen molar-refractivity contribution in [2.24, 2.45) is 11.8 Å². The van der Waals surface area contributed by atoms with Crippen LogP contribution in [0.4, 0.5) is 0 Å². The molecule has 0 bridgehead atoms. The summed E-state index contributed by atoms with van der Waals surface area (Å²) in [6, 6.07) is 6.16. The highest BCUT2D eigenvalue weighted by atomic mass is 16.2. The summed E-state index contributed by atoms with van der Waals surface area (Å²) in [5.74, 6) is 1.87. The van der Waals surface area contributed by atoms with Gasteiger partial charge in [-0.3, -0.25) is 4.79 Å². The number of nitrogens with zero attached hydrogens (tertiary/aromatic N) is 1. The Morgan fingerprint density at radius 3 is 2.57 bits per heavy atom. The first kappa shape index (κ1) is 14.6. The molecule has 1 amide bonds. The molecule has 0 aromatic heterocycles. The molecule has 114 valence electrons. The van der Waals surface area contributed by atoms with E-state index in [1.807, 2.05) is 13.0 Å². The van der Waals surface area contributed by atoms with Gasteiger partial charge in [0.25, 0.3) is 5.91 Å². The predicted octanol–water partition coefficient (Wildman–Crippen LogP) is 2.77. The Kier molecular flexibility index (Phi) is 4.29. The summed E-state index contributed by atoms with van der Waals surface area (Å²) >= 11 is 0. The lowest BCUT2D eigenvalue weighted by Crippen LogP contribution is -2.40. The van der Waals surface area contributed by atoms with Crippen molar-refractivity contribution in [1.29, 1.82) is 0 Å². The molecule has 1 unspecified atom stereocenters. The van der Waals surface area contributed by atoms with Crippen molar-refractivity contribution in [2.75, 3.05) is 26.2 Å². The summed E-state index contributed by atoms with van der Waals surface area (Å²) in [5, 5.41) is 3.46. The molecule has 1 aromatic carbocycles. The Bertz CT molecular complexity index is 512. The van der Waals surface area contributed by atoms with E-state index in [0.29, 0.717) is 0 Å². The summed E-state index contributed by atoms with van der Waals surface area (Å²) in [6.45, 7) is 8.28. The van der Waals surface area contributed by atoms with Gasteiger partial charge in [0, 0.05) is 18.7 Å². The van der Waals surface area contributed by atoms with Gasteiger partial charge in [-0.25, -0.2) is 0 Å². The normalized spacial score (nSPS) is 23.5. The third-order valence-electron chi connectivity index (χ3n) is 5.22. The molecule has 21 heavy (non-hydrogen) atoms. The van der Waals surface area contributed by atoms with Crippen LogP contribution < -0.4 is 5.32 Å². The lowest BCUT2D eigenvalue weighted by Gasteiger charge is -2.35. The van der Waals surface area contributed by atoms with Gasteiger partial charge in [0.05, 0.1) is 0 Å². The Hall–Kier alpha value is -1.35. The first-order chi connectivity index (χ1) is 10.1. The number of carbonyl (C=O) groups is 1. The van der Waals surface area contributed by atoms with Crippen LogP contribution in [-0.2, 0) is 0 Å². The molecule has 0 spiro atoms. The van der Waals surface area contributed by atoms with Crippen LogP contribution in [0.15, 0.2) is 18.2 Å². The molecule has 2 aliphatic rings. The van der Waals surface area contributed by atoms with Crippen molar-refractivity contribution >= 4 is 5.91 Å². The first-order valence-corrected chi connectivity index (χ1v) is 8.22. The summed E-state index contributed by atoms with van der Waals surface area (Å²) in [6.07, 6.45) is 3.65. The molecule has 0 saturated carbocycles. The van der Waals surface area contributed by atoms with Crippen molar-refractivity contribution < 1.29 is 4.79 Å². The predicted molar refractivity (Wildman–Crippen MR) is 85.5 cm³/mol. The van der Waals surface area contributed by atoms with Gasteiger partial charge in [0.1, 0.15) is 0 Å². The molecule has 3 heteroatoms. The van der Waals surface area contributed by atoms with Crippen LogP contribution in [0.1, 0.15) is 40.7 Å². The largest absolute Gasteiger partial charge is 0.339 e. The fraction of sp³-hybridized carbons (Fsp3) is 0.611. The zero-order valence-electron chi connectivity index (χ0n) is 13.2. The number of hydrogen-bond donors (Lipinski definition) is 1. The van der Waals surface area contributed by atoms with Crippen LogP contribution in [0, 0.1) is 25.7 Å². The summed E-state index contributed by atoms with van der Waals surface area (Å²) in [7, 11) is 0. The Labute approximate surface area is 127 Å². The van der Waals surface area contributed by atoms with Crippen LogP contribution in [0.3, 0.4) is 0 Å². The van der Waals surface area contributed by atoms with Gasteiger partial charge in [-0.2, -0.15) is 0 Å². The molecule has 3 nitrogen and oxygen atoms in total. The average Bonchev–Trinajstić information content (AvgIpc) is 3.03. The minimum absolute atomic E-state index is 0.221. The molecule has 2 fully saturated rings. The Balaban J connectivity index is 1.63. The maximum absolute atomic E-state index is 12.7. The van der Waals surface area contributed by atoms with Crippen molar-refractivity contribution in [2.45, 2.75) is 33.1 Å². The van der Waals surface area contributed by atoms with E-state index in [1.165, 1.54) is 32.4 Å². The van der Waals surface area contributed by atoms with Gasteiger partial charge in [0.2, 0.25) is 0 Å². The van der Waals surface area contributed by atoms with Gasteiger partial charge in [0.15, 0.2) is 0 Å².